The second-order valence-corrected chi connectivity index (χ2v) is 5.63. The summed E-state index contributed by atoms with van der Waals surface area (Å²) in [4.78, 5) is 8.62. The molecule has 2 aromatic carbocycles. The fourth-order valence-corrected chi connectivity index (χ4v) is 2.93. The highest BCUT2D eigenvalue weighted by Crippen LogP contribution is 2.27. The average molecular weight is 312 g/mol. The predicted octanol–water partition coefficient (Wildman–Crippen LogP) is 3.81. The SMILES string of the molecule is COc1ccccc1OCCSc1ncnc2ccccc12. The Hall–Kier alpha value is -2.27. The third-order valence-electron chi connectivity index (χ3n) is 3.16. The van der Waals surface area contributed by atoms with Crippen LogP contribution in [0.1, 0.15) is 0 Å². The Kier molecular flexibility index (Phi) is 4.75. The molecule has 1 heterocycles. The quantitative estimate of drug-likeness (QED) is 0.393. The molecule has 0 atom stereocenters. The monoisotopic (exact) mass is 312 g/mol. The summed E-state index contributed by atoms with van der Waals surface area (Å²) < 4.78 is 11.0. The second-order valence-electron chi connectivity index (χ2n) is 4.54. The van der Waals surface area contributed by atoms with Crippen LogP contribution in [-0.2, 0) is 0 Å². The zero-order valence-electron chi connectivity index (χ0n) is 12.2. The number of fused-ring (bicyclic) bond motifs is 1. The van der Waals surface area contributed by atoms with Gasteiger partial charge in [0.25, 0.3) is 0 Å². The summed E-state index contributed by atoms with van der Waals surface area (Å²) in [5, 5.41) is 2.06. The molecule has 0 unspecified atom stereocenters. The molecule has 0 saturated carbocycles. The Bertz CT molecular complexity index is 759. The Labute approximate surface area is 133 Å². The van der Waals surface area contributed by atoms with E-state index in [1.807, 2.05) is 48.5 Å². The lowest BCUT2D eigenvalue weighted by atomic mass is 10.2. The molecule has 5 heteroatoms. The van der Waals surface area contributed by atoms with Crippen molar-refractivity contribution in [2.45, 2.75) is 5.03 Å². The third kappa shape index (κ3) is 3.31. The summed E-state index contributed by atoms with van der Waals surface area (Å²) >= 11 is 1.67. The number of hydrogen-bond donors (Lipinski definition) is 0. The van der Waals surface area contributed by atoms with Crippen LogP contribution in [0, 0.1) is 0 Å². The highest BCUT2D eigenvalue weighted by Gasteiger charge is 2.05. The van der Waals surface area contributed by atoms with Gasteiger partial charge in [-0.05, 0) is 18.2 Å². The van der Waals surface area contributed by atoms with Crippen molar-refractivity contribution in [2.24, 2.45) is 0 Å². The largest absolute Gasteiger partial charge is 0.493 e. The van der Waals surface area contributed by atoms with E-state index in [4.69, 9.17) is 9.47 Å². The first kappa shape index (κ1) is 14.7. The molecule has 0 radical (unpaired) electrons. The minimum atomic E-state index is 0.587. The first-order valence-corrected chi connectivity index (χ1v) is 7.95. The van der Waals surface area contributed by atoms with E-state index in [0.717, 1.165) is 33.2 Å². The van der Waals surface area contributed by atoms with Crippen molar-refractivity contribution < 1.29 is 9.47 Å². The number of ether oxygens (including phenoxy) is 2. The molecular formula is C17H16N2O2S. The minimum absolute atomic E-state index is 0.587. The lowest BCUT2D eigenvalue weighted by Gasteiger charge is -2.10. The number of rotatable bonds is 6. The van der Waals surface area contributed by atoms with Crippen molar-refractivity contribution in [1.29, 1.82) is 0 Å². The summed E-state index contributed by atoms with van der Waals surface area (Å²) in [5.41, 5.74) is 0.964. The lowest BCUT2D eigenvalue weighted by molar-refractivity contribution is 0.313. The molecule has 1 aromatic heterocycles. The molecule has 22 heavy (non-hydrogen) atoms. The maximum Gasteiger partial charge on any atom is 0.161 e. The van der Waals surface area contributed by atoms with Crippen LogP contribution in [0.3, 0.4) is 0 Å². The molecule has 0 aliphatic carbocycles. The van der Waals surface area contributed by atoms with Crippen molar-refractivity contribution in [1.82, 2.24) is 9.97 Å². The van der Waals surface area contributed by atoms with Crippen LogP contribution in [0.15, 0.2) is 59.9 Å². The molecule has 0 saturated heterocycles. The highest BCUT2D eigenvalue weighted by atomic mass is 32.2. The van der Waals surface area contributed by atoms with Gasteiger partial charge in [-0.1, -0.05) is 30.3 Å². The number of hydrogen-bond acceptors (Lipinski definition) is 5. The molecule has 0 aliphatic rings. The van der Waals surface area contributed by atoms with Gasteiger partial charge in [0.1, 0.15) is 11.4 Å². The summed E-state index contributed by atoms with van der Waals surface area (Å²) in [6.45, 7) is 0.587. The third-order valence-corrected chi connectivity index (χ3v) is 4.12. The van der Waals surface area contributed by atoms with E-state index < -0.39 is 0 Å². The van der Waals surface area contributed by atoms with Crippen LogP contribution >= 0.6 is 11.8 Å². The van der Waals surface area contributed by atoms with Gasteiger partial charge in [-0.25, -0.2) is 9.97 Å². The number of nitrogens with zero attached hydrogens (tertiary/aromatic N) is 2. The predicted molar refractivity (Wildman–Crippen MR) is 88.8 cm³/mol. The van der Waals surface area contributed by atoms with Gasteiger partial charge in [-0.15, -0.1) is 11.8 Å². The van der Waals surface area contributed by atoms with Crippen molar-refractivity contribution in [3.63, 3.8) is 0 Å². The summed E-state index contributed by atoms with van der Waals surface area (Å²) in [5.74, 6) is 2.32. The van der Waals surface area contributed by atoms with Crippen LogP contribution in [-0.4, -0.2) is 29.4 Å². The molecule has 3 aromatic rings. The van der Waals surface area contributed by atoms with Gasteiger partial charge in [0.2, 0.25) is 0 Å². The summed E-state index contributed by atoms with van der Waals surface area (Å²) in [6, 6.07) is 15.7. The van der Waals surface area contributed by atoms with Crippen LogP contribution in [0.4, 0.5) is 0 Å². The molecule has 0 fully saturated rings. The molecule has 0 N–H and O–H groups in total. The number of benzene rings is 2. The van der Waals surface area contributed by atoms with E-state index in [-0.39, 0.29) is 0 Å². The molecule has 3 rings (SSSR count). The molecule has 0 amide bonds. The smallest absolute Gasteiger partial charge is 0.161 e. The van der Waals surface area contributed by atoms with Gasteiger partial charge in [0.05, 0.1) is 19.2 Å². The van der Waals surface area contributed by atoms with Crippen molar-refractivity contribution >= 4 is 22.7 Å². The summed E-state index contributed by atoms with van der Waals surface area (Å²) in [6.07, 6.45) is 1.60. The summed E-state index contributed by atoms with van der Waals surface area (Å²) in [7, 11) is 1.64. The van der Waals surface area contributed by atoms with Gasteiger partial charge >= 0.3 is 0 Å². The van der Waals surface area contributed by atoms with E-state index in [1.54, 1.807) is 25.2 Å². The maximum absolute atomic E-state index is 5.77. The first-order valence-electron chi connectivity index (χ1n) is 6.97. The fraction of sp³-hybridized carbons (Fsp3) is 0.176. The molecule has 4 nitrogen and oxygen atoms in total. The molecule has 112 valence electrons. The normalized spacial score (nSPS) is 10.6. The van der Waals surface area contributed by atoms with Gasteiger partial charge in [-0.2, -0.15) is 0 Å². The Morgan fingerprint density at radius 2 is 1.73 bits per heavy atom. The van der Waals surface area contributed by atoms with Crippen LogP contribution in [0.25, 0.3) is 10.9 Å². The Morgan fingerprint density at radius 1 is 0.955 bits per heavy atom. The fourth-order valence-electron chi connectivity index (χ4n) is 2.12. The van der Waals surface area contributed by atoms with E-state index in [9.17, 15) is 0 Å². The van der Waals surface area contributed by atoms with E-state index in [2.05, 4.69) is 9.97 Å². The number of para-hydroxylation sites is 3. The van der Waals surface area contributed by atoms with Crippen molar-refractivity contribution in [3.05, 3.63) is 54.9 Å². The average Bonchev–Trinajstić information content (AvgIpc) is 2.59. The first-order chi connectivity index (χ1) is 10.9. The topological polar surface area (TPSA) is 44.2 Å². The second kappa shape index (κ2) is 7.13. The van der Waals surface area contributed by atoms with Crippen LogP contribution < -0.4 is 9.47 Å². The highest BCUT2D eigenvalue weighted by molar-refractivity contribution is 7.99. The van der Waals surface area contributed by atoms with Crippen molar-refractivity contribution in [2.75, 3.05) is 19.5 Å². The standard InChI is InChI=1S/C17H16N2O2S/c1-20-15-8-4-5-9-16(15)21-10-11-22-17-13-6-2-3-7-14(13)18-12-19-17/h2-9,12H,10-11H2,1H3. The van der Waals surface area contributed by atoms with E-state index in [0.29, 0.717) is 6.61 Å². The zero-order chi connectivity index (χ0) is 15.2. The van der Waals surface area contributed by atoms with E-state index in [1.165, 1.54) is 0 Å². The number of thioether (sulfide) groups is 1. The number of methoxy groups -OCH3 is 1. The molecule has 0 bridgehead atoms. The van der Waals surface area contributed by atoms with Gasteiger partial charge in [0, 0.05) is 11.1 Å². The zero-order valence-corrected chi connectivity index (χ0v) is 13.0. The molecule has 0 aliphatic heterocycles. The Morgan fingerprint density at radius 3 is 2.59 bits per heavy atom. The van der Waals surface area contributed by atoms with Crippen LogP contribution in [0.2, 0.25) is 0 Å². The van der Waals surface area contributed by atoms with Gasteiger partial charge in [-0.3, -0.25) is 0 Å². The minimum Gasteiger partial charge on any atom is -0.493 e. The van der Waals surface area contributed by atoms with Gasteiger partial charge < -0.3 is 9.47 Å². The van der Waals surface area contributed by atoms with Crippen LogP contribution in [0.5, 0.6) is 11.5 Å². The van der Waals surface area contributed by atoms with Gasteiger partial charge in [0.15, 0.2) is 11.5 Å². The van der Waals surface area contributed by atoms with Crippen molar-refractivity contribution in [3.8, 4) is 11.5 Å². The van der Waals surface area contributed by atoms with E-state index >= 15 is 0 Å². The lowest BCUT2D eigenvalue weighted by Crippen LogP contribution is -2.02. The Balaban J connectivity index is 1.61. The number of aromatic nitrogens is 2. The molecule has 0 spiro atoms. The molecular weight excluding hydrogens is 296 g/mol. The maximum atomic E-state index is 5.77.